The van der Waals surface area contributed by atoms with E-state index in [0.29, 0.717) is 37.2 Å². The van der Waals surface area contributed by atoms with Crippen molar-refractivity contribution in [2.75, 3.05) is 13.2 Å². The van der Waals surface area contributed by atoms with Crippen LogP contribution in [0.1, 0.15) is 47.2 Å². The number of hydrogen-bond acceptors (Lipinski definition) is 7. The van der Waals surface area contributed by atoms with Crippen molar-refractivity contribution < 1.29 is 34.0 Å². The normalized spacial score (nSPS) is 10.8. The average molecular weight is 707 g/mol. The van der Waals surface area contributed by atoms with Crippen LogP contribution in [-0.4, -0.2) is 35.4 Å². The molecular weight excluding hydrogens is 664 g/mol. The van der Waals surface area contributed by atoms with Crippen molar-refractivity contribution >= 4 is 11.9 Å². The zero-order chi connectivity index (χ0) is 37.2. The van der Waals surface area contributed by atoms with Crippen molar-refractivity contribution in [3.05, 3.63) is 167 Å². The van der Waals surface area contributed by atoms with Crippen LogP contribution >= 0.6 is 0 Å². The van der Waals surface area contributed by atoms with Gasteiger partial charge in [0.05, 0.1) is 26.1 Å². The highest BCUT2D eigenvalue weighted by molar-refractivity contribution is 5.77. The molecule has 0 aromatic heterocycles. The number of aromatic hydroxyl groups is 2. The monoisotopic (exact) mass is 706 g/mol. The van der Waals surface area contributed by atoms with E-state index in [-0.39, 0.29) is 36.3 Å². The summed E-state index contributed by atoms with van der Waals surface area (Å²) in [7, 11) is 0. The van der Waals surface area contributed by atoms with Crippen molar-refractivity contribution in [3.63, 3.8) is 0 Å². The summed E-state index contributed by atoms with van der Waals surface area (Å²) in [6.45, 7) is 4.25. The van der Waals surface area contributed by atoms with Gasteiger partial charge < -0.3 is 24.4 Å². The first-order valence-corrected chi connectivity index (χ1v) is 17.8. The summed E-state index contributed by atoms with van der Waals surface area (Å²) in [5, 5.41) is 21.3. The van der Waals surface area contributed by atoms with Crippen LogP contribution in [0.15, 0.2) is 133 Å². The lowest BCUT2D eigenvalue weighted by molar-refractivity contribution is -0.143. The Morgan fingerprint density at radius 3 is 1.26 bits per heavy atom. The van der Waals surface area contributed by atoms with E-state index in [2.05, 4.69) is 0 Å². The molecule has 0 saturated carbocycles. The number of phenolic OH excluding ortho intramolecular Hbond substituents is 2. The molecule has 53 heavy (non-hydrogen) atoms. The van der Waals surface area contributed by atoms with Gasteiger partial charge in [-0.1, -0.05) is 84.9 Å². The summed E-state index contributed by atoms with van der Waals surface area (Å²) < 4.78 is 16.3. The van der Waals surface area contributed by atoms with E-state index in [9.17, 15) is 19.8 Å². The molecule has 0 saturated heterocycles. The maximum Gasteiger partial charge on any atom is 0.310 e. The fourth-order valence-electron chi connectivity index (χ4n) is 6.26. The van der Waals surface area contributed by atoms with Crippen LogP contribution in [-0.2, 0) is 44.7 Å². The molecule has 0 aliphatic heterocycles. The number of benzene rings is 6. The fraction of sp³-hybridized carbons (Fsp3) is 0.174. The Hall–Kier alpha value is -6.34. The van der Waals surface area contributed by atoms with Crippen molar-refractivity contribution in [1.82, 2.24) is 0 Å². The summed E-state index contributed by atoms with van der Waals surface area (Å²) in [5.41, 5.74) is 9.03. The average Bonchev–Trinajstić information content (AvgIpc) is 3.15. The van der Waals surface area contributed by atoms with Crippen LogP contribution < -0.4 is 4.74 Å². The number of phenols is 2. The van der Waals surface area contributed by atoms with Gasteiger partial charge in [0.15, 0.2) is 0 Å². The van der Waals surface area contributed by atoms with Crippen LogP contribution in [0.4, 0.5) is 0 Å². The molecule has 0 amide bonds. The molecule has 0 heterocycles. The lowest BCUT2D eigenvalue weighted by Crippen LogP contribution is -2.07. The standard InChI is InChI=1S/C46H42O7/c1-3-51-45(49)29-33-7-5-9-37(25-33)41-27-35(15-21-43(41)47)23-31-11-17-39(18-12-31)53-40-19-13-32(14-20-40)24-36-16-22-44(48)42(28-36)38-10-6-8-34(26-38)30-46(50)52-4-2/h5-22,25-28,47-48H,3-4,23-24,29-30H2,1-2H3. The molecule has 6 aromatic carbocycles. The summed E-state index contributed by atoms with van der Waals surface area (Å²) in [4.78, 5) is 24.0. The molecule has 2 N–H and O–H groups in total. The lowest BCUT2D eigenvalue weighted by atomic mass is 9.96. The molecule has 0 unspecified atom stereocenters. The third-order valence-corrected chi connectivity index (χ3v) is 8.80. The molecule has 0 fully saturated rings. The van der Waals surface area contributed by atoms with Gasteiger partial charge >= 0.3 is 11.9 Å². The minimum absolute atomic E-state index is 0.180. The Morgan fingerprint density at radius 2 is 0.868 bits per heavy atom. The Bertz CT molecular complexity index is 2030. The van der Waals surface area contributed by atoms with E-state index in [1.165, 1.54) is 0 Å². The largest absolute Gasteiger partial charge is 0.507 e. The van der Waals surface area contributed by atoms with Gasteiger partial charge in [-0.3, -0.25) is 9.59 Å². The second-order valence-electron chi connectivity index (χ2n) is 12.8. The van der Waals surface area contributed by atoms with Crippen molar-refractivity contribution in [2.24, 2.45) is 0 Å². The third kappa shape index (κ3) is 9.92. The number of rotatable bonds is 14. The fourth-order valence-corrected chi connectivity index (χ4v) is 6.26. The van der Waals surface area contributed by atoms with E-state index in [1.54, 1.807) is 26.0 Å². The van der Waals surface area contributed by atoms with E-state index < -0.39 is 0 Å². The highest BCUT2D eigenvalue weighted by atomic mass is 16.5. The SMILES string of the molecule is CCOC(=O)Cc1cccc(-c2cc(Cc3ccc(Oc4ccc(Cc5ccc(O)c(-c6cccc(CC(=O)OCC)c6)c5)cc4)cc3)ccc2O)c1. The van der Waals surface area contributed by atoms with E-state index in [4.69, 9.17) is 14.2 Å². The van der Waals surface area contributed by atoms with Crippen LogP contribution in [0.25, 0.3) is 22.3 Å². The summed E-state index contributed by atoms with van der Waals surface area (Å²) >= 11 is 0. The maximum atomic E-state index is 12.0. The van der Waals surface area contributed by atoms with Gasteiger partial charge in [0.25, 0.3) is 0 Å². The molecule has 268 valence electrons. The molecule has 0 spiro atoms. The van der Waals surface area contributed by atoms with Crippen molar-refractivity contribution in [3.8, 4) is 45.3 Å². The first kappa shape index (κ1) is 36.5. The number of ether oxygens (including phenoxy) is 3. The lowest BCUT2D eigenvalue weighted by Gasteiger charge is -2.11. The Morgan fingerprint density at radius 1 is 0.472 bits per heavy atom. The topological polar surface area (TPSA) is 102 Å². The quantitative estimate of drug-likeness (QED) is 0.109. The van der Waals surface area contributed by atoms with Crippen LogP contribution in [0.5, 0.6) is 23.0 Å². The molecule has 7 nitrogen and oxygen atoms in total. The highest BCUT2D eigenvalue weighted by Crippen LogP contribution is 2.33. The molecule has 0 aliphatic carbocycles. The van der Waals surface area contributed by atoms with E-state index >= 15 is 0 Å². The molecular formula is C46H42O7. The second kappa shape index (κ2) is 17.2. The number of hydrogen-bond donors (Lipinski definition) is 2. The van der Waals surface area contributed by atoms with Gasteiger partial charge in [-0.15, -0.1) is 0 Å². The Balaban J connectivity index is 1.07. The van der Waals surface area contributed by atoms with Gasteiger partial charge in [-0.05, 0) is 120 Å². The maximum absolute atomic E-state index is 12.0. The molecule has 0 atom stereocenters. The van der Waals surface area contributed by atoms with Gasteiger partial charge in [-0.25, -0.2) is 0 Å². The van der Waals surface area contributed by atoms with Crippen molar-refractivity contribution in [2.45, 2.75) is 39.5 Å². The van der Waals surface area contributed by atoms with Crippen molar-refractivity contribution in [1.29, 1.82) is 0 Å². The zero-order valence-electron chi connectivity index (χ0n) is 29.9. The predicted octanol–water partition coefficient (Wildman–Crippen LogP) is 9.62. The van der Waals surface area contributed by atoms with Gasteiger partial charge in [0.1, 0.15) is 23.0 Å². The number of carbonyl (C=O) groups is 2. The minimum Gasteiger partial charge on any atom is -0.507 e. The smallest absolute Gasteiger partial charge is 0.310 e. The number of esters is 2. The summed E-state index contributed by atoms with van der Waals surface area (Å²) in [6, 6.07) is 42.3. The van der Waals surface area contributed by atoms with E-state index in [0.717, 1.165) is 56.0 Å². The molecule has 7 heteroatoms. The van der Waals surface area contributed by atoms with Gasteiger partial charge in [-0.2, -0.15) is 0 Å². The molecule has 0 aliphatic rings. The summed E-state index contributed by atoms with van der Waals surface area (Å²) in [6.07, 6.45) is 1.70. The molecule has 6 aromatic rings. The first-order chi connectivity index (χ1) is 25.8. The highest BCUT2D eigenvalue weighted by Gasteiger charge is 2.12. The van der Waals surface area contributed by atoms with E-state index in [1.807, 2.05) is 121 Å². The first-order valence-electron chi connectivity index (χ1n) is 17.8. The number of carbonyl (C=O) groups excluding carboxylic acids is 2. The Labute approximate surface area is 310 Å². The molecule has 6 rings (SSSR count). The third-order valence-electron chi connectivity index (χ3n) is 8.80. The Kier molecular flexibility index (Phi) is 11.9. The summed E-state index contributed by atoms with van der Waals surface area (Å²) in [5.74, 6) is 1.25. The zero-order valence-corrected chi connectivity index (χ0v) is 29.9. The van der Waals surface area contributed by atoms with Gasteiger partial charge in [0.2, 0.25) is 0 Å². The predicted molar refractivity (Wildman–Crippen MR) is 206 cm³/mol. The molecule has 0 bridgehead atoms. The minimum atomic E-state index is -0.277. The molecule has 0 radical (unpaired) electrons. The van der Waals surface area contributed by atoms with Crippen LogP contribution in [0.2, 0.25) is 0 Å². The van der Waals surface area contributed by atoms with Gasteiger partial charge in [0, 0.05) is 11.1 Å². The second-order valence-corrected chi connectivity index (χ2v) is 12.8. The van der Waals surface area contributed by atoms with Crippen LogP contribution in [0, 0.1) is 0 Å². The van der Waals surface area contributed by atoms with Crippen LogP contribution in [0.3, 0.4) is 0 Å².